The van der Waals surface area contributed by atoms with Crippen molar-refractivity contribution in [3.8, 4) is 0 Å². The molecule has 1 aliphatic heterocycles. The molecule has 0 N–H and O–H groups in total. The molecule has 0 aromatic carbocycles. The van der Waals surface area contributed by atoms with Gasteiger partial charge in [-0.25, -0.2) is 4.98 Å². The van der Waals surface area contributed by atoms with Crippen LogP contribution in [0.2, 0.25) is 0 Å². The molecule has 120 valence electrons. The SMILES string of the molecule is CC=C(C)CN1C[C@H](Sc2ccccn2)C[C@H]1C(=O)N(C)C. The molecule has 1 saturated heterocycles. The quantitative estimate of drug-likeness (QED) is 0.782. The number of carbonyl (C=O) groups is 1. The first-order valence-electron chi connectivity index (χ1n) is 7.66. The maximum Gasteiger partial charge on any atom is 0.239 e. The van der Waals surface area contributed by atoms with E-state index in [9.17, 15) is 4.79 Å². The maximum absolute atomic E-state index is 12.5. The Hall–Kier alpha value is -1.33. The van der Waals surface area contributed by atoms with Crippen LogP contribution in [0.1, 0.15) is 20.3 Å². The molecular formula is C17H25N3OS. The van der Waals surface area contributed by atoms with Gasteiger partial charge in [-0.1, -0.05) is 17.7 Å². The number of allylic oxidation sites excluding steroid dienone is 1. The van der Waals surface area contributed by atoms with Gasteiger partial charge in [0.25, 0.3) is 0 Å². The van der Waals surface area contributed by atoms with E-state index in [2.05, 4.69) is 22.9 Å². The Labute approximate surface area is 137 Å². The van der Waals surface area contributed by atoms with Crippen molar-refractivity contribution in [3.05, 3.63) is 36.0 Å². The Morgan fingerprint density at radius 2 is 2.27 bits per heavy atom. The summed E-state index contributed by atoms with van der Waals surface area (Å²) < 4.78 is 0. The number of carbonyl (C=O) groups excluding carboxylic acids is 1. The number of likely N-dealkylation sites (N-methyl/N-ethyl adjacent to an activating group) is 1. The number of amides is 1. The van der Waals surface area contributed by atoms with Gasteiger partial charge in [0.05, 0.1) is 11.1 Å². The van der Waals surface area contributed by atoms with Crippen molar-refractivity contribution in [2.45, 2.75) is 36.6 Å². The number of hydrogen-bond donors (Lipinski definition) is 0. The summed E-state index contributed by atoms with van der Waals surface area (Å²) in [5, 5.41) is 1.45. The summed E-state index contributed by atoms with van der Waals surface area (Å²) in [6.45, 7) is 5.96. The third-order valence-corrected chi connectivity index (χ3v) is 5.12. The number of hydrogen-bond acceptors (Lipinski definition) is 4. The average molecular weight is 319 g/mol. The van der Waals surface area contributed by atoms with Crippen molar-refractivity contribution in [1.29, 1.82) is 0 Å². The second kappa shape index (κ2) is 7.79. The highest BCUT2D eigenvalue weighted by Crippen LogP contribution is 2.32. The van der Waals surface area contributed by atoms with Crippen LogP contribution in [0.5, 0.6) is 0 Å². The van der Waals surface area contributed by atoms with Gasteiger partial charge in [0.1, 0.15) is 0 Å². The first kappa shape index (κ1) is 17.0. The third-order valence-electron chi connectivity index (χ3n) is 3.96. The number of thioether (sulfide) groups is 1. The Kier molecular flexibility index (Phi) is 6.03. The third kappa shape index (κ3) is 4.34. The van der Waals surface area contributed by atoms with Gasteiger partial charge in [0, 0.05) is 38.6 Å². The molecule has 22 heavy (non-hydrogen) atoms. The van der Waals surface area contributed by atoms with E-state index in [0.29, 0.717) is 5.25 Å². The Balaban J connectivity index is 2.08. The summed E-state index contributed by atoms with van der Waals surface area (Å²) >= 11 is 1.78. The predicted octanol–water partition coefficient (Wildman–Crippen LogP) is 2.67. The minimum Gasteiger partial charge on any atom is -0.347 e. The molecule has 2 rings (SSSR count). The molecule has 0 bridgehead atoms. The molecule has 0 radical (unpaired) electrons. The van der Waals surface area contributed by atoms with Gasteiger partial charge in [-0.2, -0.15) is 0 Å². The topological polar surface area (TPSA) is 36.4 Å². The molecule has 5 heteroatoms. The van der Waals surface area contributed by atoms with Gasteiger partial charge in [-0.15, -0.1) is 11.8 Å². The molecule has 0 aliphatic carbocycles. The van der Waals surface area contributed by atoms with Gasteiger partial charge in [0.15, 0.2) is 0 Å². The lowest BCUT2D eigenvalue weighted by Gasteiger charge is -2.26. The van der Waals surface area contributed by atoms with Gasteiger partial charge >= 0.3 is 0 Å². The molecule has 0 spiro atoms. The standard InChI is InChI=1S/C17H25N3OS/c1-5-13(2)11-20-12-14(10-15(20)17(21)19(3)4)22-16-8-6-7-9-18-16/h5-9,14-15H,10-12H2,1-4H3/t14-,15+/m1/s1. The molecule has 0 unspecified atom stereocenters. The fourth-order valence-electron chi connectivity index (χ4n) is 2.68. The molecule has 1 amide bonds. The Bertz CT molecular complexity index is 530. The zero-order valence-corrected chi connectivity index (χ0v) is 14.6. The smallest absolute Gasteiger partial charge is 0.239 e. The number of likely N-dealkylation sites (tertiary alicyclic amines) is 1. The largest absolute Gasteiger partial charge is 0.347 e. The fraction of sp³-hybridized carbons (Fsp3) is 0.529. The van der Waals surface area contributed by atoms with E-state index in [0.717, 1.165) is 24.5 Å². The first-order valence-corrected chi connectivity index (χ1v) is 8.54. The summed E-state index contributed by atoms with van der Waals surface area (Å²) in [6.07, 6.45) is 4.83. The van der Waals surface area contributed by atoms with Crippen molar-refractivity contribution in [1.82, 2.24) is 14.8 Å². The number of rotatable bonds is 5. The van der Waals surface area contributed by atoms with Crippen LogP contribution in [0.25, 0.3) is 0 Å². The van der Waals surface area contributed by atoms with Crippen molar-refractivity contribution < 1.29 is 4.79 Å². The van der Waals surface area contributed by atoms with Crippen LogP contribution in [0, 0.1) is 0 Å². The van der Waals surface area contributed by atoms with Crippen molar-refractivity contribution in [3.63, 3.8) is 0 Å². The van der Waals surface area contributed by atoms with E-state index in [4.69, 9.17) is 0 Å². The molecule has 1 fully saturated rings. The monoisotopic (exact) mass is 319 g/mol. The highest BCUT2D eigenvalue weighted by Gasteiger charge is 2.37. The molecule has 2 heterocycles. The van der Waals surface area contributed by atoms with E-state index in [1.165, 1.54) is 5.57 Å². The lowest BCUT2D eigenvalue weighted by atomic mass is 10.2. The molecule has 4 nitrogen and oxygen atoms in total. The zero-order valence-electron chi connectivity index (χ0n) is 13.8. The predicted molar refractivity (Wildman–Crippen MR) is 92.0 cm³/mol. The lowest BCUT2D eigenvalue weighted by Crippen LogP contribution is -2.43. The Morgan fingerprint density at radius 3 is 2.86 bits per heavy atom. The van der Waals surface area contributed by atoms with E-state index >= 15 is 0 Å². The summed E-state index contributed by atoms with van der Waals surface area (Å²) in [5.41, 5.74) is 1.31. The molecule has 1 aliphatic rings. The summed E-state index contributed by atoms with van der Waals surface area (Å²) in [7, 11) is 3.67. The zero-order chi connectivity index (χ0) is 16.1. The molecule has 0 saturated carbocycles. The maximum atomic E-state index is 12.5. The van der Waals surface area contributed by atoms with E-state index in [1.807, 2.05) is 45.4 Å². The van der Waals surface area contributed by atoms with Crippen LogP contribution in [0.15, 0.2) is 41.1 Å². The van der Waals surface area contributed by atoms with E-state index < -0.39 is 0 Å². The van der Waals surface area contributed by atoms with Crippen LogP contribution in [-0.2, 0) is 4.79 Å². The normalized spacial score (nSPS) is 22.8. The average Bonchev–Trinajstić information content (AvgIpc) is 2.89. The van der Waals surface area contributed by atoms with Crippen LogP contribution >= 0.6 is 11.8 Å². The van der Waals surface area contributed by atoms with Gasteiger partial charge < -0.3 is 4.90 Å². The van der Waals surface area contributed by atoms with E-state index in [-0.39, 0.29) is 11.9 Å². The van der Waals surface area contributed by atoms with Gasteiger partial charge in [-0.3, -0.25) is 9.69 Å². The summed E-state index contributed by atoms with van der Waals surface area (Å²) in [6, 6.07) is 5.95. The van der Waals surface area contributed by atoms with Crippen LogP contribution in [-0.4, -0.2) is 59.2 Å². The summed E-state index contributed by atoms with van der Waals surface area (Å²) in [5.74, 6) is 0.202. The minimum absolute atomic E-state index is 0.0221. The molecule has 1 aromatic rings. The second-order valence-corrected chi connectivity index (χ2v) is 7.28. The number of aromatic nitrogens is 1. The molecule has 2 atom stereocenters. The first-order chi connectivity index (χ1) is 10.5. The van der Waals surface area contributed by atoms with Crippen LogP contribution in [0.3, 0.4) is 0 Å². The second-order valence-electron chi connectivity index (χ2n) is 5.96. The van der Waals surface area contributed by atoms with Crippen molar-refractivity contribution in [2.24, 2.45) is 0 Å². The van der Waals surface area contributed by atoms with Gasteiger partial charge in [0.2, 0.25) is 5.91 Å². The molecular weight excluding hydrogens is 294 g/mol. The van der Waals surface area contributed by atoms with Crippen molar-refractivity contribution >= 4 is 17.7 Å². The van der Waals surface area contributed by atoms with Crippen LogP contribution < -0.4 is 0 Å². The summed E-state index contributed by atoms with van der Waals surface area (Å²) in [4.78, 5) is 20.9. The fourth-order valence-corrected chi connectivity index (χ4v) is 3.84. The van der Waals surface area contributed by atoms with Gasteiger partial charge in [-0.05, 0) is 32.4 Å². The number of pyridine rings is 1. The highest BCUT2D eigenvalue weighted by atomic mass is 32.2. The Morgan fingerprint density at radius 1 is 1.50 bits per heavy atom. The van der Waals surface area contributed by atoms with E-state index in [1.54, 1.807) is 16.7 Å². The van der Waals surface area contributed by atoms with Crippen LogP contribution in [0.4, 0.5) is 0 Å². The lowest BCUT2D eigenvalue weighted by molar-refractivity contribution is -0.133. The number of nitrogens with zero attached hydrogens (tertiary/aromatic N) is 3. The van der Waals surface area contributed by atoms with Crippen molar-refractivity contribution in [2.75, 3.05) is 27.2 Å². The molecule has 1 aromatic heterocycles. The highest BCUT2D eigenvalue weighted by molar-refractivity contribution is 7.99. The minimum atomic E-state index is -0.0221.